The number of nitrogens with zero attached hydrogens (tertiary/aromatic N) is 2. The molecule has 0 radical (unpaired) electrons. The topological polar surface area (TPSA) is 105 Å². The fourth-order valence-corrected chi connectivity index (χ4v) is 5.82. The number of anilines is 1. The third-order valence-corrected chi connectivity index (χ3v) is 8.94. The fourth-order valence-electron chi connectivity index (χ4n) is 4.40. The molecule has 0 saturated heterocycles. The van der Waals surface area contributed by atoms with Crippen molar-refractivity contribution >= 4 is 27.5 Å². The average Bonchev–Trinajstić information content (AvgIpc) is 3.00. The zero-order valence-electron chi connectivity index (χ0n) is 25.2. The van der Waals surface area contributed by atoms with Gasteiger partial charge in [-0.1, -0.05) is 43.7 Å². The van der Waals surface area contributed by atoms with Gasteiger partial charge in [0.1, 0.15) is 24.1 Å². The Labute approximate surface area is 249 Å². The highest BCUT2D eigenvalue weighted by molar-refractivity contribution is 7.92. The maximum atomic E-state index is 14.2. The number of hydrogen-bond donors (Lipinski definition) is 1. The first-order chi connectivity index (χ1) is 20.0. The number of benzene rings is 3. The van der Waals surface area contributed by atoms with Gasteiger partial charge < -0.3 is 19.7 Å². The molecule has 9 nitrogen and oxygen atoms in total. The van der Waals surface area contributed by atoms with Crippen LogP contribution in [0.5, 0.6) is 11.5 Å². The predicted octanol–water partition coefficient (Wildman–Crippen LogP) is 4.93. The smallest absolute Gasteiger partial charge is 0.264 e. The molecule has 2 amide bonds. The van der Waals surface area contributed by atoms with E-state index in [2.05, 4.69) is 5.32 Å². The number of sulfonamides is 1. The van der Waals surface area contributed by atoms with Crippen LogP contribution < -0.4 is 19.1 Å². The number of ether oxygens (including phenoxy) is 2. The molecule has 0 bridgehead atoms. The van der Waals surface area contributed by atoms with E-state index in [1.165, 1.54) is 24.1 Å². The zero-order chi connectivity index (χ0) is 30.9. The minimum absolute atomic E-state index is 0.0138. The largest absolute Gasteiger partial charge is 0.497 e. The molecule has 0 aromatic heterocycles. The molecule has 0 aliphatic rings. The predicted molar refractivity (Wildman–Crippen MR) is 164 cm³/mol. The van der Waals surface area contributed by atoms with E-state index in [1.807, 2.05) is 39.8 Å². The summed E-state index contributed by atoms with van der Waals surface area (Å²) in [5, 5.41) is 2.98. The van der Waals surface area contributed by atoms with Gasteiger partial charge in [-0.25, -0.2) is 8.42 Å². The maximum Gasteiger partial charge on any atom is 0.264 e. The maximum absolute atomic E-state index is 14.2. The van der Waals surface area contributed by atoms with Gasteiger partial charge in [0.05, 0.1) is 24.8 Å². The Hall–Kier alpha value is -4.05. The summed E-state index contributed by atoms with van der Waals surface area (Å²) in [5.41, 5.74) is 2.06. The standard InChI is InChI=1S/C32H41N3O6S/c1-7-24(4)33-32(37)30(8-2)34(21-25-11-15-27(40-5)16-12-25)31(36)22-35(26-13-9-23(3)10-14-26)42(38,39)29-19-17-28(41-6)18-20-29/h9-20,24,30H,7-8,21-22H2,1-6H3,(H,33,37)/t24-,30-/m1/s1. The molecule has 0 aliphatic heterocycles. The van der Waals surface area contributed by atoms with Crippen LogP contribution in [0.1, 0.15) is 44.7 Å². The van der Waals surface area contributed by atoms with Crippen molar-refractivity contribution in [2.24, 2.45) is 0 Å². The van der Waals surface area contributed by atoms with E-state index in [4.69, 9.17) is 9.47 Å². The molecule has 10 heteroatoms. The second-order valence-corrected chi connectivity index (χ2v) is 12.0. The van der Waals surface area contributed by atoms with E-state index in [9.17, 15) is 18.0 Å². The van der Waals surface area contributed by atoms with Gasteiger partial charge in [0.25, 0.3) is 10.0 Å². The van der Waals surface area contributed by atoms with Gasteiger partial charge in [-0.3, -0.25) is 13.9 Å². The third-order valence-electron chi connectivity index (χ3n) is 7.15. The van der Waals surface area contributed by atoms with Gasteiger partial charge in [-0.2, -0.15) is 0 Å². The lowest BCUT2D eigenvalue weighted by Gasteiger charge is -2.33. The molecule has 0 spiro atoms. The normalized spacial score (nSPS) is 12.6. The van der Waals surface area contributed by atoms with E-state index in [0.717, 1.165) is 21.9 Å². The summed E-state index contributed by atoms with van der Waals surface area (Å²) in [6, 6.07) is 19.3. The molecule has 0 fully saturated rings. The third kappa shape index (κ3) is 8.03. The highest BCUT2D eigenvalue weighted by Crippen LogP contribution is 2.26. The van der Waals surface area contributed by atoms with Crippen LogP contribution in [0.3, 0.4) is 0 Å². The summed E-state index contributed by atoms with van der Waals surface area (Å²) in [4.78, 5) is 29.0. The molecule has 42 heavy (non-hydrogen) atoms. The number of hydrogen-bond acceptors (Lipinski definition) is 6. The molecule has 3 aromatic carbocycles. The van der Waals surface area contributed by atoms with Crippen molar-refractivity contribution < 1.29 is 27.5 Å². The monoisotopic (exact) mass is 595 g/mol. The lowest BCUT2D eigenvalue weighted by atomic mass is 10.1. The number of carbonyl (C=O) groups is 2. The average molecular weight is 596 g/mol. The van der Waals surface area contributed by atoms with Crippen molar-refractivity contribution in [1.82, 2.24) is 10.2 Å². The van der Waals surface area contributed by atoms with Gasteiger partial charge >= 0.3 is 0 Å². The lowest BCUT2D eigenvalue weighted by molar-refractivity contribution is -0.140. The quantitative estimate of drug-likeness (QED) is 0.283. The molecule has 0 heterocycles. The van der Waals surface area contributed by atoms with Crippen LogP contribution in [0.4, 0.5) is 5.69 Å². The van der Waals surface area contributed by atoms with Crippen molar-refractivity contribution in [2.75, 3.05) is 25.1 Å². The number of amides is 2. The second-order valence-electron chi connectivity index (χ2n) is 10.1. The molecule has 0 saturated carbocycles. The first-order valence-electron chi connectivity index (χ1n) is 14.0. The second kappa shape index (κ2) is 14.7. The van der Waals surface area contributed by atoms with Crippen LogP contribution in [-0.4, -0.2) is 58.0 Å². The Morgan fingerprint density at radius 3 is 1.88 bits per heavy atom. The SMILES string of the molecule is CC[C@@H](C)NC(=O)[C@@H](CC)N(Cc1ccc(OC)cc1)C(=O)CN(c1ccc(C)cc1)S(=O)(=O)c1ccc(OC)cc1. The summed E-state index contributed by atoms with van der Waals surface area (Å²) < 4.78 is 39.5. The Kier molecular flexibility index (Phi) is 11.4. The van der Waals surface area contributed by atoms with Gasteiger partial charge in [0.2, 0.25) is 11.8 Å². The summed E-state index contributed by atoms with van der Waals surface area (Å²) in [5.74, 6) is 0.383. The molecule has 3 aromatic rings. The molecular formula is C32H41N3O6S. The number of methoxy groups -OCH3 is 2. The number of nitrogens with one attached hydrogen (secondary N) is 1. The number of aryl methyl sites for hydroxylation is 1. The van der Waals surface area contributed by atoms with Crippen LogP contribution in [0, 0.1) is 6.92 Å². The lowest BCUT2D eigenvalue weighted by Crippen LogP contribution is -2.53. The van der Waals surface area contributed by atoms with Crippen LogP contribution in [0.15, 0.2) is 77.7 Å². The Morgan fingerprint density at radius 2 is 1.38 bits per heavy atom. The van der Waals surface area contributed by atoms with Crippen molar-refractivity contribution in [3.63, 3.8) is 0 Å². The van der Waals surface area contributed by atoms with Crippen molar-refractivity contribution in [2.45, 2.75) is 64.1 Å². The van der Waals surface area contributed by atoms with Crippen LogP contribution in [-0.2, 0) is 26.2 Å². The van der Waals surface area contributed by atoms with Crippen molar-refractivity contribution in [1.29, 1.82) is 0 Å². The molecule has 1 N–H and O–H groups in total. The van der Waals surface area contributed by atoms with E-state index >= 15 is 0 Å². The summed E-state index contributed by atoms with van der Waals surface area (Å²) in [6.45, 7) is 7.22. The van der Waals surface area contributed by atoms with Crippen LogP contribution >= 0.6 is 0 Å². The Bertz CT molecular complexity index is 1420. The zero-order valence-corrected chi connectivity index (χ0v) is 26.0. The van der Waals surface area contributed by atoms with Gasteiger partial charge in [-0.15, -0.1) is 0 Å². The van der Waals surface area contributed by atoms with Crippen LogP contribution in [0.2, 0.25) is 0 Å². The first-order valence-corrected chi connectivity index (χ1v) is 15.4. The number of rotatable bonds is 14. The minimum atomic E-state index is -4.16. The summed E-state index contributed by atoms with van der Waals surface area (Å²) >= 11 is 0. The van der Waals surface area contributed by atoms with Gasteiger partial charge in [-0.05, 0) is 80.8 Å². The van der Waals surface area contributed by atoms with E-state index in [1.54, 1.807) is 55.6 Å². The molecular weight excluding hydrogens is 554 g/mol. The Balaban J connectivity index is 2.05. The molecule has 3 rings (SSSR count). The fraction of sp³-hybridized carbons (Fsp3) is 0.375. The summed E-state index contributed by atoms with van der Waals surface area (Å²) in [7, 11) is -1.10. The van der Waals surface area contributed by atoms with Crippen molar-refractivity contribution in [3.05, 3.63) is 83.9 Å². The number of carbonyl (C=O) groups excluding carboxylic acids is 2. The van der Waals surface area contributed by atoms with E-state index in [0.29, 0.717) is 23.6 Å². The van der Waals surface area contributed by atoms with Gasteiger partial charge in [0.15, 0.2) is 0 Å². The van der Waals surface area contributed by atoms with Crippen LogP contribution in [0.25, 0.3) is 0 Å². The Morgan fingerprint density at radius 1 is 0.833 bits per heavy atom. The van der Waals surface area contributed by atoms with E-state index in [-0.39, 0.29) is 23.4 Å². The van der Waals surface area contributed by atoms with Gasteiger partial charge in [0, 0.05) is 12.6 Å². The highest BCUT2D eigenvalue weighted by Gasteiger charge is 2.34. The summed E-state index contributed by atoms with van der Waals surface area (Å²) in [6.07, 6.45) is 1.08. The molecule has 0 unspecified atom stereocenters. The minimum Gasteiger partial charge on any atom is -0.497 e. The first kappa shape index (κ1) is 32.5. The van der Waals surface area contributed by atoms with E-state index < -0.39 is 28.5 Å². The molecule has 0 aliphatic carbocycles. The molecule has 2 atom stereocenters. The highest BCUT2D eigenvalue weighted by atomic mass is 32.2. The van der Waals surface area contributed by atoms with Crippen molar-refractivity contribution in [3.8, 4) is 11.5 Å². The molecule has 226 valence electrons.